The Kier molecular flexibility index (Phi) is 6.03. The molecular weight excluding hydrogens is 342 g/mol. The zero-order valence-electron chi connectivity index (χ0n) is 13.0. The zero-order valence-corrected chi connectivity index (χ0v) is 15.4. The van der Waals surface area contributed by atoms with Crippen molar-refractivity contribution in [1.82, 2.24) is 5.32 Å². The van der Waals surface area contributed by atoms with Crippen molar-refractivity contribution in [3.63, 3.8) is 0 Å². The van der Waals surface area contributed by atoms with E-state index in [0.717, 1.165) is 23.9 Å². The van der Waals surface area contributed by atoms with Crippen LogP contribution in [0.5, 0.6) is 0 Å². The molecule has 1 atom stereocenters. The molecule has 0 fully saturated rings. The molecule has 2 rings (SSSR count). The highest BCUT2D eigenvalue weighted by atomic mass is 79.9. The number of halogens is 1. The molecule has 0 aliphatic carbocycles. The van der Waals surface area contributed by atoms with Crippen molar-refractivity contribution in [2.75, 3.05) is 6.54 Å². The van der Waals surface area contributed by atoms with Gasteiger partial charge in [0.15, 0.2) is 0 Å². The number of rotatable bonds is 6. The van der Waals surface area contributed by atoms with Gasteiger partial charge in [0, 0.05) is 10.0 Å². The first kappa shape index (κ1) is 16.7. The van der Waals surface area contributed by atoms with Gasteiger partial charge in [-0.3, -0.25) is 0 Å². The Morgan fingerprint density at radius 3 is 2.52 bits per heavy atom. The van der Waals surface area contributed by atoms with E-state index in [9.17, 15) is 0 Å². The van der Waals surface area contributed by atoms with E-state index in [1.54, 1.807) is 11.3 Å². The molecule has 2 aromatic rings. The largest absolute Gasteiger partial charge is 0.312 e. The van der Waals surface area contributed by atoms with E-state index < -0.39 is 0 Å². The summed E-state index contributed by atoms with van der Waals surface area (Å²) in [7, 11) is 0. The van der Waals surface area contributed by atoms with Crippen LogP contribution in [0, 0.1) is 5.92 Å². The number of hydrogen-bond acceptors (Lipinski definition) is 2. The van der Waals surface area contributed by atoms with Gasteiger partial charge in [0.25, 0.3) is 0 Å². The molecule has 0 bridgehead atoms. The zero-order chi connectivity index (χ0) is 15.3. The standard InChI is InChI=1S/C18H24BrNS/c1-18(2,3)20-12-16(10-15-7-8-21-13-15)9-14-5-4-6-17(19)11-14/h4-8,11,13,16,20H,9-10,12H2,1-3H3. The summed E-state index contributed by atoms with van der Waals surface area (Å²) >= 11 is 5.36. The van der Waals surface area contributed by atoms with Crippen molar-refractivity contribution in [3.8, 4) is 0 Å². The van der Waals surface area contributed by atoms with Crippen molar-refractivity contribution >= 4 is 27.3 Å². The lowest BCUT2D eigenvalue weighted by atomic mass is 9.92. The van der Waals surface area contributed by atoms with E-state index in [1.807, 2.05) is 0 Å². The minimum absolute atomic E-state index is 0.171. The van der Waals surface area contributed by atoms with Gasteiger partial charge in [-0.05, 0) is 86.2 Å². The molecule has 0 amide bonds. The van der Waals surface area contributed by atoms with Crippen LogP contribution in [0.2, 0.25) is 0 Å². The third-order valence-corrected chi connectivity index (χ3v) is 4.66. The van der Waals surface area contributed by atoms with Gasteiger partial charge in [-0.15, -0.1) is 0 Å². The molecule has 1 N–H and O–H groups in total. The van der Waals surface area contributed by atoms with Gasteiger partial charge in [-0.2, -0.15) is 11.3 Å². The van der Waals surface area contributed by atoms with Crippen molar-refractivity contribution < 1.29 is 0 Å². The van der Waals surface area contributed by atoms with Crippen molar-refractivity contribution in [2.24, 2.45) is 5.92 Å². The fraction of sp³-hybridized carbons (Fsp3) is 0.444. The molecule has 114 valence electrons. The van der Waals surface area contributed by atoms with Crippen molar-refractivity contribution in [2.45, 2.75) is 39.2 Å². The Balaban J connectivity index is 2.03. The molecular formula is C18H24BrNS. The summed E-state index contributed by atoms with van der Waals surface area (Å²) in [5.74, 6) is 0.619. The smallest absolute Gasteiger partial charge is 0.0177 e. The van der Waals surface area contributed by atoms with Crippen LogP contribution in [0.1, 0.15) is 31.9 Å². The number of thiophene rings is 1. The predicted octanol–water partition coefficient (Wildman–Crippen LogP) is 5.30. The highest BCUT2D eigenvalue weighted by molar-refractivity contribution is 9.10. The average molecular weight is 366 g/mol. The molecule has 3 heteroatoms. The number of benzene rings is 1. The molecule has 0 aliphatic heterocycles. The molecule has 0 radical (unpaired) electrons. The van der Waals surface area contributed by atoms with Gasteiger partial charge in [-0.1, -0.05) is 28.1 Å². The minimum atomic E-state index is 0.171. The van der Waals surface area contributed by atoms with Gasteiger partial charge in [0.1, 0.15) is 0 Å². The Bertz CT molecular complexity index is 543. The van der Waals surface area contributed by atoms with Crippen LogP contribution in [-0.4, -0.2) is 12.1 Å². The molecule has 1 unspecified atom stereocenters. The maximum atomic E-state index is 3.66. The summed E-state index contributed by atoms with van der Waals surface area (Å²) in [5.41, 5.74) is 3.03. The highest BCUT2D eigenvalue weighted by Gasteiger charge is 2.16. The molecule has 1 nitrogen and oxygen atoms in total. The van der Waals surface area contributed by atoms with Crippen molar-refractivity contribution in [1.29, 1.82) is 0 Å². The van der Waals surface area contributed by atoms with Gasteiger partial charge in [0.05, 0.1) is 0 Å². The van der Waals surface area contributed by atoms with E-state index in [1.165, 1.54) is 11.1 Å². The Morgan fingerprint density at radius 1 is 1.14 bits per heavy atom. The number of nitrogens with one attached hydrogen (secondary N) is 1. The number of hydrogen-bond donors (Lipinski definition) is 1. The highest BCUT2D eigenvalue weighted by Crippen LogP contribution is 2.19. The van der Waals surface area contributed by atoms with Crippen LogP contribution in [0.25, 0.3) is 0 Å². The SMILES string of the molecule is CC(C)(C)NCC(Cc1ccsc1)Cc1cccc(Br)c1. The van der Waals surface area contributed by atoms with Gasteiger partial charge in [0.2, 0.25) is 0 Å². The normalized spacial score (nSPS) is 13.3. The van der Waals surface area contributed by atoms with Crippen LogP contribution in [-0.2, 0) is 12.8 Å². The third kappa shape index (κ3) is 6.33. The van der Waals surface area contributed by atoms with Gasteiger partial charge >= 0.3 is 0 Å². The molecule has 1 heterocycles. The van der Waals surface area contributed by atoms with E-state index in [4.69, 9.17) is 0 Å². The molecule has 0 saturated carbocycles. The molecule has 0 spiro atoms. The molecule has 21 heavy (non-hydrogen) atoms. The van der Waals surface area contributed by atoms with E-state index in [2.05, 4.69) is 83.1 Å². The maximum Gasteiger partial charge on any atom is 0.0177 e. The summed E-state index contributed by atoms with van der Waals surface area (Å²) in [4.78, 5) is 0. The van der Waals surface area contributed by atoms with Crippen LogP contribution in [0.4, 0.5) is 0 Å². The van der Waals surface area contributed by atoms with Crippen molar-refractivity contribution in [3.05, 3.63) is 56.7 Å². The first-order chi connectivity index (χ1) is 9.92. The monoisotopic (exact) mass is 365 g/mol. The summed E-state index contributed by atoms with van der Waals surface area (Å²) < 4.78 is 1.16. The van der Waals surface area contributed by atoms with Crippen LogP contribution < -0.4 is 5.32 Å². The average Bonchev–Trinajstić information content (AvgIpc) is 2.88. The molecule has 0 aliphatic rings. The van der Waals surface area contributed by atoms with Crippen LogP contribution in [0.3, 0.4) is 0 Å². The van der Waals surface area contributed by atoms with E-state index >= 15 is 0 Å². The molecule has 1 aromatic carbocycles. The van der Waals surface area contributed by atoms with Gasteiger partial charge < -0.3 is 5.32 Å². The summed E-state index contributed by atoms with van der Waals surface area (Å²) in [6.07, 6.45) is 2.25. The summed E-state index contributed by atoms with van der Waals surface area (Å²) in [5, 5.41) is 8.10. The Labute approximate surface area is 140 Å². The van der Waals surface area contributed by atoms with Gasteiger partial charge in [-0.25, -0.2) is 0 Å². The Hall–Kier alpha value is -0.640. The van der Waals surface area contributed by atoms with Crippen LogP contribution >= 0.6 is 27.3 Å². The van der Waals surface area contributed by atoms with E-state index in [-0.39, 0.29) is 5.54 Å². The first-order valence-corrected chi connectivity index (χ1v) is 9.16. The fourth-order valence-corrected chi connectivity index (χ4v) is 3.53. The lowest BCUT2D eigenvalue weighted by Crippen LogP contribution is -2.40. The Morgan fingerprint density at radius 2 is 1.90 bits per heavy atom. The quantitative estimate of drug-likeness (QED) is 0.732. The minimum Gasteiger partial charge on any atom is -0.312 e. The second-order valence-corrected chi connectivity index (χ2v) is 8.36. The third-order valence-electron chi connectivity index (χ3n) is 3.44. The topological polar surface area (TPSA) is 12.0 Å². The molecule has 0 saturated heterocycles. The molecule has 1 aromatic heterocycles. The van der Waals surface area contributed by atoms with E-state index in [0.29, 0.717) is 5.92 Å². The first-order valence-electron chi connectivity index (χ1n) is 7.43. The second-order valence-electron chi connectivity index (χ2n) is 6.67. The second kappa shape index (κ2) is 7.57. The van der Waals surface area contributed by atoms with Crippen LogP contribution in [0.15, 0.2) is 45.6 Å². The maximum absolute atomic E-state index is 3.66. The summed E-state index contributed by atoms with van der Waals surface area (Å²) in [6.45, 7) is 7.74. The lowest BCUT2D eigenvalue weighted by Gasteiger charge is -2.25. The fourth-order valence-electron chi connectivity index (χ4n) is 2.41. The summed E-state index contributed by atoms with van der Waals surface area (Å²) in [6, 6.07) is 10.9. The predicted molar refractivity (Wildman–Crippen MR) is 97.1 cm³/mol. The lowest BCUT2D eigenvalue weighted by molar-refractivity contribution is 0.367.